The lowest BCUT2D eigenvalue weighted by atomic mass is 10.0. The van der Waals surface area contributed by atoms with E-state index in [1.54, 1.807) is 14.2 Å². The Morgan fingerprint density at radius 2 is 1.41 bits per heavy atom. The minimum atomic E-state index is -0.255. The van der Waals surface area contributed by atoms with E-state index in [1.165, 1.54) is 5.56 Å². The molecule has 1 rings (SSSR count). The van der Waals surface area contributed by atoms with Gasteiger partial charge in [0.1, 0.15) is 0 Å². The van der Waals surface area contributed by atoms with E-state index in [-0.39, 0.29) is 17.6 Å². The first kappa shape index (κ1) is 26.0. The van der Waals surface area contributed by atoms with Crippen molar-refractivity contribution < 1.29 is 28.4 Å². The molecule has 6 nitrogen and oxygen atoms in total. The Bertz CT molecular complexity index is 481. The highest BCUT2D eigenvalue weighted by Gasteiger charge is 2.22. The quantitative estimate of drug-likeness (QED) is 0.343. The summed E-state index contributed by atoms with van der Waals surface area (Å²) in [5.41, 5.74) is 0.922. The second kappa shape index (κ2) is 15.8. The summed E-state index contributed by atoms with van der Waals surface area (Å²) in [5, 5.41) is 0. The summed E-state index contributed by atoms with van der Waals surface area (Å²) in [5.74, 6) is 0.150. The van der Waals surface area contributed by atoms with Gasteiger partial charge in [-0.05, 0) is 32.8 Å². The van der Waals surface area contributed by atoms with E-state index >= 15 is 0 Å². The summed E-state index contributed by atoms with van der Waals surface area (Å²) < 4.78 is 33.7. The molecule has 1 unspecified atom stereocenters. The topological polar surface area (TPSA) is 55.4 Å². The van der Waals surface area contributed by atoms with Crippen LogP contribution in [-0.2, 0) is 35.0 Å². The Balaban J connectivity index is 2.36. The Morgan fingerprint density at radius 3 is 1.97 bits per heavy atom. The normalized spacial score (nSPS) is 13.2. The van der Waals surface area contributed by atoms with Gasteiger partial charge in [0.05, 0.1) is 58.0 Å². The first-order valence-corrected chi connectivity index (χ1v) is 10.4. The average Bonchev–Trinajstić information content (AvgIpc) is 2.71. The monoisotopic (exact) mass is 412 g/mol. The van der Waals surface area contributed by atoms with Crippen molar-refractivity contribution in [1.82, 2.24) is 0 Å². The van der Waals surface area contributed by atoms with Crippen molar-refractivity contribution >= 4 is 0 Å². The number of benzene rings is 1. The summed E-state index contributed by atoms with van der Waals surface area (Å²) in [6.07, 6.45) is 0.830. The van der Waals surface area contributed by atoms with Gasteiger partial charge in [0.25, 0.3) is 0 Å². The number of hydrogen-bond acceptors (Lipinski definition) is 6. The van der Waals surface area contributed by atoms with E-state index in [2.05, 4.69) is 32.9 Å². The van der Waals surface area contributed by atoms with Crippen molar-refractivity contribution in [1.29, 1.82) is 0 Å². The average molecular weight is 413 g/mol. The molecule has 0 amide bonds. The standard InChI is InChI=1S/C23H40O6/c1-20(22(18-26-15-13-24-4)19-27-16-14-25-5)28-12-11-23(2,3)29-17-21-9-7-6-8-10-21/h6-10,20,22H,11-19H2,1-5H3. The maximum Gasteiger partial charge on any atom is 0.0724 e. The molecule has 0 heterocycles. The molecule has 0 aliphatic rings. The van der Waals surface area contributed by atoms with E-state index < -0.39 is 0 Å². The van der Waals surface area contributed by atoms with Crippen LogP contribution in [0.15, 0.2) is 30.3 Å². The molecule has 0 spiro atoms. The summed E-state index contributed by atoms with van der Waals surface area (Å²) in [4.78, 5) is 0. The maximum atomic E-state index is 6.10. The second-order valence-electron chi connectivity index (χ2n) is 7.76. The molecule has 1 aromatic rings. The van der Waals surface area contributed by atoms with Gasteiger partial charge in [-0.3, -0.25) is 0 Å². The van der Waals surface area contributed by atoms with Crippen molar-refractivity contribution in [3.05, 3.63) is 35.9 Å². The number of ether oxygens (including phenoxy) is 6. The molecular weight excluding hydrogens is 372 g/mol. The Morgan fingerprint density at radius 1 is 0.828 bits per heavy atom. The summed E-state index contributed by atoms with van der Waals surface area (Å²) in [6.45, 7) is 10.9. The SMILES string of the molecule is COCCOCC(COCCOC)C(C)OCCC(C)(C)OCc1ccccc1. The van der Waals surface area contributed by atoms with Crippen LogP contribution in [-0.4, -0.2) is 72.2 Å². The molecule has 0 N–H and O–H groups in total. The van der Waals surface area contributed by atoms with Crippen LogP contribution in [0.5, 0.6) is 0 Å². The van der Waals surface area contributed by atoms with Crippen LogP contribution in [0.1, 0.15) is 32.8 Å². The lowest BCUT2D eigenvalue weighted by molar-refractivity contribution is -0.0828. The van der Waals surface area contributed by atoms with Crippen LogP contribution in [0, 0.1) is 5.92 Å². The lowest BCUT2D eigenvalue weighted by Crippen LogP contribution is -2.33. The van der Waals surface area contributed by atoms with Crippen LogP contribution in [0.25, 0.3) is 0 Å². The molecular formula is C23H40O6. The van der Waals surface area contributed by atoms with Crippen LogP contribution >= 0.6 is 0 Å². The van der Waals surface area contributed by atoms with Crippen LogP contribution in [0.4, 0.5) is 0 Å². The first-order chi connectivity index (χ1) is 14.0. The van der Waals surface area contributed by atoms with Gasteiger partial charge < -0.3 is 28.4 Å². The third kappa shape index (κ3) is 13.0. The van der Waals surface area contributed by atoms with Crippen molar-refractivity contribution in [3.63, 3.8) is 0 Å². The molecule has 29 heavy (non-hydrogen) atoms. The zero-order valence-electron chi connectivity index (χ0n) is 18.9. The molecule has 0 saturated carbocycles. The van der Waals surface area contributed by atoms with Gasteiger partial charge in [0, 0.05) is 26.7 Å². The van der Waals surface area contributed by atoms with Crippen LogP contribution < -0.4 is 0 Å². The molecule has 6 heteroatoms. The van der Waals surface area contributed by atoms with Gasteiger partial charge >= 0.3 is 0 Å². The van der Waals surface area contributed by atoms with Crippen LogP contribution in [0.3, 0.4) is 0 Å². The molecule has 0 aliphatic carbocycles. The molecule has 0 fully saturated rings. The van der Waals surface area contributed by atoms with Crippen molar-refractivity contribution in [2.45, 2.75) is 45.5 Å². The van der Waals surface area contributed by atoms with Gasteiger partial charge in [-0.1, -0.05) is 30.3 Å². The smallest absolute Gasteiger partial charge is 0.0724 e. The molecule has 1 aromatic carbocycles. The Hall–Kier alpha value is -1.02. The molecule has 0 aliphatic heterocycles. The maximum absolute atomic E-state index is 6.10. The molecule has 0 saturated heterocycles. The predicted molar refractivity (Wildman–Crippen MR) is 114 cm³/mol. The van der Waals surface area contributed by atoms with Gasteiger partial charge in [0.2, 0.25) is 0 Å². The zero-order valence-corrected chi connectivity index (χ0v) is 18.9. The van der Waals surface area contributed by atoms with Crippen LogP contribution in [0.2, 0.25) is 0 Å². The van der Waals surface area contributed by atoms with E-state index in [1.807, 2.05) is 18.2 Å². The highest BCUT2D eigenvalue weighted by Crippen LogP contribution is 2.19. The van der Waals surface area contributed by atoms with Gasteiger partial charge in [-0.15, -0.1) is 0 Å². The van der Waals surface area contributed by atoms with Crippen molar-refractivity contribution in [3.8, 4) is 0 Å². The molecule has 168 valence electrons. The molecule has 1 atom stereocenters. The molecule has 0 radical (unpaired) electrons. The second-order valence-corrected chi connectivity index (χ2v) is 7.76. The first-order valence-electron chi connectivity index (χ1n) is 10.4. The number of hydrogen-bond donors (Lipinski definition) is 0. The highest BCUT2D eigenvalue weighted by molar-refractivity contribution is 5.13. The summed E-state index contributed by atoms with van der Waals surface area (Å²) in [7, 11) is 3.34. The Labute approximate surface area is 176 Å². The lowest BCUT2D eigenvalue weighted by Gasteiger charge is -2.28. The zero-order chi connectivity index (χ0) is 21.4. The minimum absolute atomic E-state index is 0.0185. The van der Waals surface area contributed by atoms with Crippen molar-refractivity contribution in [2.24, 2.45) is 5.92 Å². The molecule has 0 aromatic heterocycles. The fourth-order valence-corrected chi connectivity index (χ4v) is 2.62. The van der Waals surface area contributed by atoms with E-state index in [9.17, 15) is 0 Å². The summed E-state index contributed by atoms with van der Waals surface area (Å²) >= 11 is 0. The third-order valence-electron chi connectivity index (χ3n) is 4.75. The van der Waals surface area contributed by atoms with E-state index in [0.29, 0.717) is 52.9 Å². The largest absolute Gasteiger partial charge is 0.382 e. The predicted octanol–water partition coefficient (Wildman–Crippen LogP) is 3.72. The third-order valence-corrected chi connectivity index (χ3v) is 4.75. The summed E-state index contributed by atoms with van der Waals surface area (Å²) in [6, 6.07) is 10.2. The fourth-order valence-electron chi connectivity index (χ4n) is 2.62. The van der Waals surface area contributed by atoms with Gasteiger partial charge in [-0.2, -0.15) is 0 Å². The number of rotatable bonds is 18. The van der Waals surface area contributed by atoms with Gasteiger partial charge in [0.15, 0.2) is 0 Å². The van der Waals surface area contributed by atoms with Gasteiger partial charge in [-0.25, -0.2) is 0 Å². The number of methoxy groups -OCH3 is 2. The van der Waals surface area contributed by atoms with Crippen molar-refractivity contribution in [2.75, 3.05) is 60.5 Å². The highest BCUT2D eigenvalue weighted by atomic mass is 16.5. The van der Waals surface area contributed by atoms with E-state index in [0.717, 1.165) is 6.42 Å². The van der Waals surface area contributed by atoms with E-state index in [4.69, 9.17) is 28.4 Å². The Kier molecular flexibility index (Phi) is 14.1. The fraction of sp³-hybridized carbons (Fsp3) is 0.739. The minimum Gasteiger partial charge on any atom is -0.382 e. The molecule has 0 bridgehead atoms.